The van der Waals surface area contributed by atoms with Crippen molar-refractivity contribution in [1.82, 2.24) is 10.2 Å². The molecule has 0 aromatic heterocycles. The van der Waals surface area contributed by atoms with Crippen LogP contribution in [0, 0.1) is 23.7 Å². The fourth-order valence-corrected chi connectivity index (χ4v) is 4.54. The van der Waals surface area contributed by atoms with Crippen LogP contribution in [0.3, 0.4) is 0 Å². The van der Waals surface area contributed by atoms with E-state index < -0.39 is 0 Å². The van der Waals surface area contributed by atoms with Crippen molar-refractivity contribution in [2.24, 2.45) is 23.7 Å². The molecule has 1 heterocycles. The first-order valence-corrected chi connectivity index (χ1v) is 9.09. The molecule has 1 aliphatic heterocycles. The summed E-state index contributed by atoms with van der Waals surface area (Å²) in [6, 6.07) is 0.707. The molecular formula is C18H36N2O. The van der Waals surface area contributed by atoms with Crippen LogP contribution in [0.2, 0.25) is 0 Å². The number of rotatable bonds is 6. The summed E-state index contributed by atoms with van der Waals surface area (Å²) >= 11 is 0. The van der Waals surface area contributed by atoms with Gasteiger partial charge in [-0.2, -0.15) is 0 Å². The number of hydrogen-bond donors (Lipinski definition) is 1. The lowest BCUT2D eigenvalue weighted by molar-refractivity contribution is 0.0339. The largest absolute Gasteiger partial charge is 0.381 e. The van der Waals surface area contributed by atoms with Crippen molar-refractivity contribution in [3.8, 4) is 0 Å². The molecule has 5 atom stereocenters. The Morgan fingerprint density at radius 3 is 2.67 bits per heavy atom. The Morgan fingerprint density at radius 2 is 2.00 bits per heavy atom. The van der Waals surface area contributed by atoms with Crippen LogP contribution in [0.5, 0.6) is 0 Å². The van der Waals surface area contributed by atoms with Crippen LogP contribution in [-0.2, 0) is 4.74 Å². The van der Waals surface area contributed by atoms with Gasteiger partial charge in [-0.1, -0.05) is 20.8 Å². The summed E-state index contributed by atoms with van der Waals surface area (Å²) in [4.78, 5) is 2.57. The minimum atomic E-state index is 0.707. The average Bonchev–Trinajstić information content (AvgIpc) is 2.44. The molecule has 0 radical (unpaired) electrons. The Balaban J connectivity index is 1.85. The zero-order chi connectivity index (χ0) is 15.2. The van der Waals surface area contributed by atoms with Crippen molar-refractivity contribution in [1.29, 1.82) is 0 Å². The van der Waals surface area contributed by atoms with Crippen molar-refractivity contribution in [2.75, 3.05) is 39.9 Å². The molecule has 1 aliphatic carbocycles. The minimum Gasteiger partial charge on any atom is -0.381 e. The van der Waals surface area contributed by atoms with Gasteiger partial charge in [0.1, 0.15) is 0 Å². The van der Waals surface area contributed by atoms with Gasteiger partial charge in [0.25, 0.3) is 0 Å². The number of nitrogens with one attached hydrogen (secondary N) is 1. The third-order valence-electron chi connectivity index (χ3n) is 5.49. The van der Waals surface area contributed by atoms with Crippen molar-refractivity contribution in [3.63, 3.8) is 0 Å². The van der Waals surface area contributed by atoms with Crippen LogP contribution < -0.4 is 5.32 Å². The van der Waals surface area contributed by atoms with E-state index in [4.69, 9.17) is 4.74 Å². The predicted molar refractivity (Wildman–Crippen MR) is 89.6 cm³/mol. The van der Waals surface area contributed by atoms with E-state index in [1.807, 2.05) is 0 Å². The summed E-state index contributed by atoms with van der Waals surface area (Å²) in [6.07, 6.45) is 5.34. The molecule has 0 bridgehead atoms. The average molecular weight is 296 g/mol. The Labute approximate surface area is 131 Å². The molecule has 1 saturated carbocycles. The van der Waals surface area contributed by atoms with Gasteiger partial charge in [-0.25, -0.2) is 0 Å². The SMILES string of the molecule is CCNC1CC(C)CC(C)C1CN(C)CC1CCCOC1. The Morgan fingerprint density at radius 1 is 1.19 bits per heavy atom. The summed E-state index contributed by atoms with van der Waals surface area (Å²) in [5.74, 6) is 3.26. The highest BCUT2D eigenvalue weighted by molar-refractivity contribution is 4.89. The molecule has 0 aromatic rings. The first-order valence-electron chi connectivity index (χ1n) is 9.09. The minimum absolute atomic E-state index is 0.707. The number of ether oxygens (including phenoxy) is 1. The normalized spacial score (nSPS) is 37.9. The second-order valence-corrected chi connectivity index (χ2v) is 7.69. The Kier molecular flexibility index (Phi) is 6.97. The van der Waals surface area contributed by atoms with Crippen LogP contribution in [0.1, 0.15) is 46.5 Å². The van der Waals surface area contributed by atoms with Gasteiger partial charge in [-0.3, -0.25) is 0 Å². The van der Waals surface area contributed by atoms with Crippen molar-refractivity contribution in [3.05, 3.63) is 0 Å². The fraction of sp³-hybridized carbons (Fsp3) is 1.00. The molecule has 3 nitrogen and oxygen atoms in total. The molecule has 21 heavy (non-hydrogen) atoms. The standard InChI is InChI=1S/C18H36N2O/c1-5-19-18-10-14(2)9-15(3)17(18)12-20(4)11-16-7-6-8-21-13-16/h14-19H,5-13H2,1-4H3. The fourth-order valence-electron chi connectivity index (χ4n) is 4.54. The number of hydrogen-bond acceptors (Lipinski definition) is 3. The molecule has 0 amide bonds. The third-order valence-corrected chi connectivity index (χ3v) is 5.49. The van der Waals surface area contributed by atoms with Gasteiger partial charge in [0.05, 0.1) is 6.61 Å². The van der Waals surface area contributed by atoms with Crippen LogP contribution in [0.25, 0.3) is 0 Å². The van der Waals surface area contributed by atoms with E-state index in [9.17, 15) is 0 Å². The van der Waals surface area contributed by atoms with Gasteiger partial charge in [-0.05, 0) is 62.9 Å². The zero-order valence-corrected chi connectivity index (χ0v) is 14.6. The van der Waals surface area contributed by atoms with E-state index in [1.165, 1.54) is 38.8 Å². The monoisotopic (exact) mass is 296 g/mol. The molecule has 124 valence electrons. The highest BCUT2D eigenvalue weighted by atomic mass is 16.5. The summed E-state index contributed by atoms with van der Waals surface area (Å²) in [6.45, 7) is 12.6. The highest BCUT2D eigenvalue weighted by Crippen LogP contribution is 2.34. The van der Waals surface area contributed by atoms with Crippen LogP contribution in [-0.4, -0.2) is 50.8 Å². The van der Waals surface area contributed by atoms with E-state index in [0.717, 1.165) is 43.4 Å². The van der Waals surface area contributed by atoms with E-state index in [2.05, 4.69) is 38.0 Å². The summed E-state index contributed by atoms with van der Waals surface area (Å²) in [5, 5.41) is 3.75. The van der Waals surface area contributed by atoms with E-state index >= 15 is 0 Å². The first-order chi connectivity index (χ1) is 10.1. The van der Waals surface area contributed by atoms with Gasteiger partial charge in [0.15, 0.2) is 0 Å². The van der Waals surface area contributed by atoms with Gasteiger partial charge in [0.2, 0.25) is 0 Å². The quantitative estimate of drug-likeness (QED) is 0.815. The maximum absolute atomic E-state index is 5.63. The lowest BCUT2D eigenvalue weighted by atomic mass is 9.72. The van der Waals surface area contributed by atoms with Gasteiger partial charge in [0, 0.05) is 25.7 Å². The maximum Gasteiger partial charge on any atom is 0.0506 e. The lowest BCUT2D eigenvalue weighted by Gasteiger charge is -2.42. The maximum atomic E-state index is 5.63. The van der Waals surface area contributed by atoms with E-state index in [0.29, 0.717) is 6.04 Å². The van der Waals surface area contributed by atoms with E-state index in [1.54, 1.807) is 0 Å². The van der Waals surface area contributed by atoms with Gasteiger partial charge in [-0.15, -0.1) is 0 Å². The van der Waals surface area contributed by atoms with E-state index in [-0.39, 0.29) is 0 Å². The lowest BCUT2D eigenvalue weighted by Crippen LogP contribution is -2.49. The highest BCUT2D eigenvalue weighted by Gasteiger charge is 2.34. The summed E-state index contributed by atoms with van der Waals surface area (Å²) in [7, 11) is 2.31. The smallest absolute Gasteiger partial charge is 0.0506 e. The molecule has 3 heteroatoms. The second kappa shape index (κ2) is 8.50. The second-order valence-electron chi connectivity index (χ2n) is 7.69. The molecule has 0 spiro atoms. The molecule has 2 rings (SSSR count). The van der Waals surface area contributed by atoms with Crippen molar-refractivity contribution in [2.45, 2.75) is 52.5 Å². The molecule has 2 aliphatic rings. The predicted octanol–water partition coefficient (Wildman–Crippen LogP) is 3.01. The first kappa shape index (κ1) is 17.2. The summed E-state index contributed by atoms with van der Waals surface area (Å²) < 4.78 is 5.63. The van der Waals surface area contributed by atoms with Crippen LogP contribution in [0.4, 0.5) is 0 Å². The Bertz CT molecular complexity index is 291. The molecular weight excluding hydrogens is 260 g/mol. The zero-order valence-electron chi connectivity index (χ0n) is 14.6. The van der Waals surface area contributed by atoms with Gasteiger partial charge < -0.3 is 15.0 Å². The molecule has 2 fully saturated rings. The number of nitrogens with zero attached hydrogens (tertiary/aromatic N) is 1. The van der Waals surface area contributed by atoms with Crippen LogP contribution in [0.15, 0.2) is 0 Å². The molecule has 1 N–H and O–H groups in total. The Hall–Kier alpha value is -0.120. The molecule has 5 unspecified atom stereocenters. The molecule has 0 aromatic carbocycles. The topological polar surface area (TPSA) is 24.5 Å². The third kappa shape index (κ3) is 5.22. The van der Waals surface area contributed by atoms with Crippen LogP contribution >= 0.6 is 0 Å². The van der Waals surface area contributed by atoms with Gasteiger partial charge >= 0.3 is 0 Å². The summed E-state index contributed by atoms with van der Waals surface area (Å²) in [5.41, 5.74) is 0. The van der Waals surface area contributed by atoms with Crippen molar-refractivity contribution < 1.29 is 4.74 Å². The van der Waals surface area contributed by atoms with Crippen molar-refractivity contribution >= 4 is 0 Å². The molecule has 1 saturated heterocycles.